The smallest absolute Gasteiger partial charge is 0.278 e. The van der Waals surface area contributed by atoms with Gasteiger partial charge in [0.15, 0.2) is 41.4 Å². The summed E-state index contributed by atoms with van der Waals surface area (Å²) in [5, 5.41) is 58.4. The number of nitriles is 3. The van der Waals surface area contributed by atoms with Gasteiger partial charge in [0.05, 0.1) is 5.03 Å². The molecule has 2 unspecified atom stereocenters. The average molecular weight is 843 g/mol. The molecule has 0 saturated heterocycles. The Balaban J connectivity index is 0.000000189. The van der Waals surface area contributed by atoms with Crippen molar-refractivity contribution in [1.82, 2.24) is 15.5 Å². The van der Waals surface area contributed by atoms with Crippen LogP contribution < -0.4 is 14.7 Å². The summed E-state index contributed by atoms with van der Waals surface area (Å²) in [6.45, 7) is 15.5. The number of hydrogen-bond acceptors (Lipinski definition) is 15. The first-order valence-corrected chi connectivity index (χ1v) is 18.0. The van der Waals surface area contributed by atoms with Crippen LogP contribution in [0.1, 0.15) is 114 Å². The van der Waals surface area contributed by atoms with Gasteiger partial charge in [0.2, 0.25) is 5.82 Å². The van der Waals surface area contributed by atoms with Crippen LogP contribution in [0.3, 0.4) is 0 Å². The van der Waals surface area contributed by atoms with Crippen LogP contribution in [0.4, 0.5) is 17.5 Å². The van der Waals surface area contributed by atoms with E-state index < -0.39 is 36.1 Å². The summed E-state index contributed by atoms with van der Waals surface area (Å²) in [6, 6.07) is 5.81. The first kappa shape index (κ1) is 43.9. The fraction of sp³-hybridized carbons (Fsp3) is 0.389. The number of imide groups is 1. The summed E-state index contributed by atoms with van der Waals surface area (Å²) in [5.41, 5.74) is 1.04. The number of anilines is 3. The van der Waals surface area contributed by atoms with Crippen LogP contribution >= 0.6 is 34.8 Å². The number of halogens is 3. The van der Waals surface area contributed by atoms with E-state index in [2.05, 4.69) is 15.5 Å². The molecule has 0 saturated carbocycles. The number of aromatic nitrogens is 3. The van der Waals surface area contributed by atoms with Gasteiger partial charge in [-0.1, -0.05) is 91.8 Å². The molecule has 0 bridgehead atoms. The van der Waals surface area contributed by atoms with E-state index in [-0.39, 0.29) is 78.1 Å². The maximum Gasteiger partial charge on any atom is 0.278 e. The number of aliphatic hydroxyl groups excluding tert-OH is 2. The third kappa shape index (κ3) is 7.68. The zero-order valence-electron chi connectivity index (χ0n) is 31.8. The number of nitrogens with zero attached hydrogens (tertiary/aromatic N) is 9. The summed E-state index contributed by atoms with van der Waals surface area (Å²) in [6.07, 6.45) is -2.55. The summed E-state index contributed by atoms with van der Waals surface area (Å²) >= 11 is 17.4. The van der Waals surface area contributed by atoms with Gasteiger partial charge in [0, 0.05) is 34.5 Å². The van der Waals surface area contributed by atoms with Crippen LogP contribution in [-0.2, 0) is 19.2 Å². The molecule has 0 aromatic carbocycles. The van der Waals surface area contributed by atoms with Gasteiger partial charge in [-0.25, -0.2) is 4.90 Å². The van der Waals surface area contributed by atoms with Crippen molar-refractivity contribution in [2.45, 2.75) is 92.5 Å². The summed E-state index contributed by atoms with van der Waals surface area (Å²) in [4.78, 5) is 50.5. The molecule has 2 atom stereocenters. The highest BCUT2D eigenvalue weighted by Gasteiger charge is 2.42. The second-order valence-corrected chi connectivity index (χ2v) is 14.7. The van der Waals surface area contributed by atoms with Gasteiger partial charge in [-0.3, -0.25) is 29.0 Å². The van der Waals surface area contributed by atoms with Gasteiger partial charge in [-0.2, -0.15) is 15.8 Å². The van der Waals surface area contributed by atoms with Gasteiger partial charge in [-0.15, -0.1) is 0 Å². The highest BCUT2D eigenvalue weighted by Crippen LogP contribution is 2.38. The first-order chi connectivity index (χ1) is 26.7. The quantitative estimate of drug-likeness (QED) is 0.280. The SMILES string of the molecule is CC1=C(Cl)C(=O)N(c2noc(C(C)C)c2C#N)C1=O.CC1=C(Cl)C(=O)N(c2noc(C(C)C)c2C#N)C1O.CC1=C(Cl)C(O)N(c2noc(C(C)C)c2C#N)C1=O. The number of carbonyl (C=O) groups excluding carboxylic acids is 4. The predicted molar refractivity (Wildman–Crippen MR) is 201 cm³/mol. The standard InChI is InChI=1S/2C12H12ClN3O3.C12H10ClN3O3/c3*1-5(2)9-7(4-14)10(15-19-9)16-11(17)6(3)8(13)12(16)18/h5,12,18H,1-3H3;5,11,17H,1-3H3;5H,1-3H3. The van der Waals surface area contributed by atoms with Crippen molar-refractivity contribution < 1.29 is 43.0 Å². The lowest BCUT2D eigenvalue weighted by Crippen LogP contribution is -2.35. The Morgan fingerprint density at radius 2 is 0.965 bits per heavy atom. The van der Waals surface area contributed by atoms with Crippen LogP contribution in [0, 0.1) is 34.0 Å². The molecule has 21 heteroatoms. The zero-order valence-corrected chi connectivity index (χ0v) is 34.1. The molecule has 3 aliphatic heterocycles. The van der Waals surface area contributed by atoms with Crippen LogP contribution in [0.5, 0.6) is 0 Å². The lowest BCUT2D eigenvalue weighted by Gasteiger charge is -2.18. The van der Waals surface area contributed by atoms with Crippen LogP contribution in [0.15, 0.2) is 45.4 Å². The van der Waals surface area contributed by atoms with E-state index in [1.165, 1.54) is 13.8 Å². The van der Waals surface area contributed by atoms with E-state index in [1.54, 1.807) is 6.92 Å². The third-order valence-corrected chi connectivity index (χ3v) is 10.1. The van der Waals surface area contributed by atoms with Crippen LogP contribution in [0.25, 0.3) is 0 Å². The molecule has 57 heavy (non-hydrogen) atoms. The Kier molecular flexibility index (Phi) is 13.2. The summed E-state index contributed by atoms with van der Waals surface area (Å²) in [7, 11) is 0. The van der Waals surface area contributed by atoms with Crippen molar-refractivity contribution in [3.63, 3.8) is 0 Å². The van der Waals surface area contributed by atoms with E-state index in [9.17, 15) is 39.9 Å². The molecule has 3 aromatic rings. The Hall–Kier alpha value is -5.81. The molecule has 0 radical (unpaired) electrons. The van der Waals surface area contributed by atoms with E-state index in [4.69, 9.17) is 53.6 Å². The van der Waals surface area contributed by atoms with Gasteiger partial charge in [0.25, 0.3) is 23.6 Å². The number of rotatable bonds is 6. The van der Waals surface area contributed by atoms with Crippen molar-refractivity contribution in [3.8, 4) is 18.2 Å². The van der Waals surface area contributed by atoms with Gasteiger partial charge in [-0.05, 0) is 20.8 Å². The van der Waals surface area contributed by atoms with E-state index in [0.717, 1.165) is 14.7 Å². The van der Waals surface area contributed by atoms with Crippen molar-refractivity contribution in [3.05, 3.63) is 65.8 Å². The molecule has 0 aliphatic carbocycles. The van der Waals surface area contributed by atoms with Gasteiger partial charge >= 0.3 is 0 Å². The molecule has 0 fully saturated rings. The molecule has 6 rings (SSSR count). The summed E-state index contributed by atoms with van der Waals surface area (Å²) < 4.78 is 15.2. The molecule has 298 valence electrons. The molecular weight excluding hydrogens is 809 g/mol. The highest BCUT2D eigenvalue weighted by atomic mass is 35.5. The van der Waals surface area contributed by atoms with E-state index >= 15 is 0 Å². The minimum Gasteiger partial charge on any atom is -0.369 e. The molecule has 3 aromatic heterocycles. The second-order valence-electron chi connectivity index (χ2n) is 13.5. The normalized spacial score (nSPS) is 18.2. The van der Waals surface area contributed by atoms with Crippen LogP contribution in [-0.4, -0.2) is 61.8 Å². The van der Waals surface area contributed by atoms with Crippen molar-refractivity contribution in [2.75, 3.05) is 14.7 Å². The van der Waals surface area contributed by atoms with Gasteiger partial charge in [0.1, 0.15) is 45.0 Å². The Morgan fingerprint density at radius 3 is 1.26 bits per heavy atom. The predicted octanol–water partition coefficient (Wildman–Crippen LogP) is 5.75. The van der Waals surface area contributed by atoms with E-state index in [0.29, 0.717) is 22.9 Å². The minimum atomic E-state index is -1.33. The molecule has 3 aliphatic rings. The molecule has 6 heterocycles. The summed E-state index contributed by atoms with van der Waals surface area (Å²) in [5.74, 6) is -1.59. The Morgan fingerprint density at radius 1 is 0.579 bits per heavy atom. The Bertz CT molecular complexity index is 2270. The highest BCUT2D eigenvalue weighted by molar-refractivity contribution is 6.52. The number of aliphatic hydroxyl groups is 2. The van der Waals surface area contributed by atoms with Crippen molar-refractivity contribution in [1.29, 1.82) is 15.8 Å². The second kappa shape index (κ2) is 17.1. The Labute approximate surface area is 340 Å². The fourth-order valence-corrected chi connectivity index (χ4v) is 6.02. The van der Waals surface area contributed by atoms with E-state index in [1.807, 2.05) is 59.8 Å². The van der Waals surface area contributed by atoms with Crippen molar-refractivity contribution >= 4 is 75.9 Å². The average Bonchev–Trinajstić information content (AvgIpc) is 4.00. The molecule has 2 N–H and O–H groups in total. The fourth-order valence-electron chi connectivity index (χ4n) is 5.48. The maximum atomic E-state index is 12.0. The maximum absolute atomic E-state index is 12.0. The largest absolute Gasteiger partial charge is 0.369 e. The molecular formula is C36H34Cl3N9O9. The number of hydrogen-bond donors (Lipinski definition) is 2. The molecule has 0 spiro atoms. The minimum absolute atomic E-state index is 0.00120. The third-order valence-electron chi connectivity index (χ3n) is 8.68. The van der Waals surface area contributed by atoms with Crippen molar-refractivity contribution in [2.24, 2.45) is 0 Å². The van der Waals surface area contributed by atoms with Gasteiger partial charge < -0.3 is 23.8 Å². The lowest BCUT2D eigenvalue weighted by molar-refractivity contribution is -0.120. The first-order valence-electron chi connectivity index (χ1n) is 16.9. The topological polar surface area (TPSA) is 268 Å². The zero-order chi connectivity index (χ0) is 43.0. The molecule has 4 amide bonds. The number of carbonyl (C=O) groups is 4. The molecule has 18 nitrogen and oxygen atoms in total. The lowest BCUT2D eigenvalue weighted by atomic mass is 10.1. The number of amides is 4. The van der Waals surface area contributed by atoms with Crippen LogP contribution in [0.2, 0.25) is 0 Å². The monoisotopic (exact) mass is 841 g/mol.